The average molecular weight is 615 g/mol. The molecule has 0 atom stereocenters. The molecule has 0 spiro atoms. The summed E-state index contributed by atoms with van der Waals surface area (Å²) in [6.07, 6.45) is 22.5. The summed E-state index contributed by atoms with van der Waals surface area (Å²) >= 11 is 5.02. The number of unbranched alkanes of at least 4 members (excludes halogenated alkanes) is 8. The molecule has 3 heteroatoms. The molecule has 0 nitrogen and oxygen atoms in total. The third kappa shape index (κ3) is 14.2. The van der Waals surface area contributed by atoms with Crippen molar-refractivity contribution >= 4 is 50.2 Å². The topological polar surface area (TPSA) is 0 Å². The van der Waals surface area contributed by atoms with E-state index in [4.69, 9.17) is 0 Å². The first-order chi connectivity index (χ1) is 13.2. The Morgan fingerprint density at radius 1 is 0.630 bits per heavy atom. The molecule has 0 aromatic heterocycles. The van der Waals surface area contributed by atoms with Gasteiger partial charge in [0, 0.05) is 0 Å². The summed E-state index contributed by atoms with van der Waals surface area (Å²) in [7, 11) is 0. The van der Waals surface area contributed by atoms with Gasteiger partial charge in [-0.05, 0) is 0 Å². The fourth-order valence-corrected chi connectivity index (χ4v) is 22.4. The molecule has 0 rings (SSSR count). The number of allylic oxidation sites excluding steroid dienone is 2. The Morgan fingerprint density at radius 3 is 1.56 bits per heavy atom. The fourth-order valence-electron chi connectivity index (χ4n) is 4.26. The van der Waals surface area contributed by atoms with Gasteiger partial charge in [-0.1, -0.05) is 0 Å². The molecule has 162 valence electrons. The first kappa shape index (κ1) is 28.5. The molecular formula is C24H48Br2Sn. The SMILES string of the molecule is CCC[CH2][Sn]([CH2]CCC)([CH2]CCC)/[C](=C/CCCCCBr)CCCCCBr. The Hall–Kier alpha value is 1.50. The summed E-state index contributed by atoms with van der Waals surface area (Å²) in [5.41, 5.74) is 0. The molecule has 0 aromatic carbocycles. The second-order valence-electron chi connectivity index (χ2n) is 8.36. The van der Waals surface area contributed by atoms with Crippen LogP contribution >= 0.6 is 31.9 Å². The van der Waals surface area contributed by atoms with Crippen molar-refractivity contribution < 1.29 is 0 Å². The van der Waals surface area contributed by atoms with Crippen LogP contribution in [0.3, 0.4) is 0 Å². The summed E-state index contributed by atoms with van der Waals surface area (Å²) in [5, 5.41) is 2.34. The van der Waals surface area contributed by atoms with Gasteiger partial charge in [0.15, 0.2) is 0 Å². The molecule has 0 unspecified atom stereocenters. The minimum atomic E-state index is -2.19. The second-order valence-corrected chi connectivity index (χ2v) is 23.4. The van der Waals surface area contributed by atoms with E-state index in [0.717, 1.165) is 0 Å². The van der Waals surface area contributed by atoms with Gasteiger partial charge in [0.25, 0.3) is 0 Å². The van der Waals surface area contributed by atoms with Gasteiger partial charge >= 0.3 is 195 Å². The van der Waals surface area contributed by atoms with Gasteiger partial charge in [0.05, 0.1) is 0 Å². The molecule has 0 saturated carbocycles. The first-order valence-electron chi connectivity index (χ1n) is 12.0. The summed E-state index contributed by atoms with van der Waals surface area (Å²) in [4.78, 5) is 0. The van der Waals surface area contributed by atoms with E-state index in [1.165, 1.54) is 101 Å². The summed E-state index contributed by atoms with van der Waals surface area (Å²) in [5.74, 6) is 0. The molecule has 27 heavy (non-hydrogen) atoms. The fraction of sp³-hybridized carbons (Fsp3) is 0.917. The molecule has 0 saturated heterocycles. The van der Waals surface area contributed by atoms with Crippen LogP contribution in [-0.2, 0) is 0 Å². The molecule has 0 aliphatic carbocycles. The summed E-state index contributed by atoms with van der Waals surface area (Å²) in [6, 6.07) is 0. The molecule has 0 bridgehead atoms. The maximum absolute atomic E-state index is 3.62. The van der Waals surface area contributed by atoms with Crippen molar-refractivity contribution in [3.63, 3.8) is 0 Å². The Kier molecular flexibility index (Phi) is 21.9. The molecule has 0 aliphatic rings. The quantitative estimate of drug-likeness (QED) is 0.0727. The van der Waals surface area contributed by atoms with Crippen LogP contribution in [0.4, 0.5) is 0 Å². The van der Waals surface area contributed by atoms with Crippen molar-refractivity contribution in [3.05, 3.63) is 9.67 Å². The average Bonchev–Trinajstić information content (AvgIpc) is 2.69. The van der Waals surface area contributed by atoms with E-state index in [2.05, 4.69) is 62.3 Å². The number of hydrogen-bond acceptors (Lipinski definition) is 0. The van der Waals surface area contributed by atoms with Crippen LogP contribution in [-0.4, -0.2) is 29.0 Å². The number of hydrogen-bond donors (Lipinski definition) is 0. The standard InChI is InChI=1S/C12H21Br2.3C4H9.Sn/c13-11-9-7-5-3-1-2-4-6-8-10-12-14;3*1-3-4-2;/h1H,3-12H2;3*1,3-4H2,2H3;. The minimum absolute atomic E-state index is 1.17. The van der Waals surface area contributed by atoms with E-state index in [0.29, 0.717) is 0 Å². The van der Waals surface area contributed by atoms with Gasteiger partial charge in [-0.15, -0.1) is 0 Å². The van der Waals surface area contributed by atoms with Crippen LogP contribution in [0.2, 0.25) is 13.3 Å². The number of halogens is 2. The van der Waals surface area contributed by atoms with Gasteiger partial charge in [-0.25, -0.2) is 0 Å². The zero-order valence-electron chi connectivity index (χ0n) is 18.8. The molecule has 0 N–H and O–H groups in total. The van der Waals surface area contributed by atoms with Crippen molar-refractivity contribution in [3.8, 4) is 0 Å². The molecule has 0 fully saturated rings. The van der Waals surface area contributed by atoms with Crippen LogP contribution in [0.5, 0.6) is 0 Å². The van der Waals surface area contributed by atoms with E-state index in [9.17, 15) is 0 Å². The normalized spacial score (nSPS) is 12.7. The van der Waals surface area contributed by atoms with Crippen LogP contribution < -0.4 is 0 Å². The monoisotopic (exact) mass is 614 g/mol. The van der Waals surface area contributed by atoms with Crippen LogP contribution in [0.1, 0.15) is 111 Å². The summed E-state index contributed by atoms with van der Waals surface area (Å²) in [6.45, 7) is 7.20. The molecule has 0 heterocycles. The summed E-state index contributed by atoms with van der Waals surface area (Å²) < 4.78 is 6.97. The predicted octanol–water partition coefficient (Wildman–Crippen LogP) is 10.2. The van der Waals surface area contributed by atoms with Crippen LogP contribution in [0, 0.1) is 0 Å². The van der Waals surface area contributed by atoms with Crippen molar-refractivity contribution in [1.29, 1.82) is 0 Å². The van der Waals surface area contributed by atoms with E-state index in [1.54, 1.807) is 13.3 Å². The van der Waals surface area contributed by atoms with E-state index >= 15 is 0 Å². The molecule has 0 amide bonds. The van der Waals surface area contributed by atoms with E-state index in [-0.39, 0.29) is 0 Å². The molecule has 0 aliphatic heterocycles. The van der Waals surface area contributed by atoms with Crippen molar-refractivity contribution in [2.75, 3.05) is 10.7 Å². The molecule has 0 radical (unpaired) electrons. The predicted molar refractivity (Wildman–Crippen MR) is 138 cm³/mol. The van der Waals surface area contributed by atoms with Crippen molar-refractivity contribution in [1.82, 2.24) is 0 Å². The van der Waals surface area contributed by atoms with Crippen LogP contribution in [0.25, 0.3) is 0 Å². The van der Waals surface area contributed by atoms with Gasteiger partial charge in [0.1, 0.15) is 0 Å². The molecule has 0 aromatic rings. The van der Waals surface area contributed by atoms with Crippen molar-refractivity contribution in [2.24, 2.45) is 0 Å². The third-order valence-corrected chi connectivity index (χ3v) is 23.5. The zero-order chi connectivity index (χ0) is 20.2. The number of rotatable bonds is 20. The Labute approximate surface area is 193 Å². The molecular weight excluding hydrogens is 567 g/mol. The van der Waals surface area contributed by atoms with Crippen LogP contribution in [0.15, 0.2) is 9.67 Å². The Bertz CT molecular complexity index is 319. The first-order valence-corrected chi connectivity index (χ1v) is 21.7. The van der Waals surface area contributed by atoms with Gasteiger partial charge in [-0.2, -0.15) is 0 Å². The van der Waals surface area contributed by atoms with Gasteiger partial charge in [-0.3, -0.25) is 0 Å². The third-order valence-electron chi connectivity index (χ3n) is 6.02. The van der Waals surface area contributed by atoms with Gasteiger partial charge in [0.2, 0.25) is 0 Å². The number of alkyl halides is 2. The second kappa shape index (κ2) is 20.8. The van der Waals surface area contributed by atoms with Gasteiger partial charge < -0.3 is 0 Å². The van der Waals surface area contributed by atoms with E-state index in [1.807, 2.05) is 0 Å². The Morgan fingerprint density at radius 2 is 1.11 bits per heavy atom. The Balaban J connectivity index is 5.32. The maximum atomic E-state index is 3.62. The van der Waals surface area contributed by atoms with Crippen molar-refractivity contribution in [2.45, 2.75) is 124 Å². The zero-order valence-corrected chi connectivity index (χ0v) is 24.8. The van der Waals surface area contributed by atoms with E-state index < -0.39 is 18.4 Å².